The molecule has 0 unspecified atom stereocenters. The van der Waals surface area contributed by atoms with E-state index in [1.807, 2.05) is 40.8 Å². The summed E-state index contributed by atoms with van der Waals surface area (Å²) >= 11 is 1.50. The van der Waals surface area contributed by atoms with Gasteiger partial charge in [0.1, 0.15) is 0 Å². The summed E-state index contributed by atoms with van der Waals surface area (Å²) in [4.78, 5) is 21.5. The second-order valence-corrected chi connectivity index (χ2v) is 10.5. The molecular formula is C33H20N4OS. The lowest BCUT2D eigenvalue weighted by Crippen LogP contribution is -2.14. The van der Waals surface area contributed by atoms with E-state index < -0.39 is 5.69 Å². The van der Waals surface area contributed by atoms with E-state index in [0.29, 0.717) is 10.8 Å². The van der Waals surface area contributed by atoms with Crippen LogP contribution in [0.4, 0.5) is 0 Å². The molecule has 0 aliphatic carbocycles. The summed E-state index contributed by atoms with van der Waals surface area (Å²) in [7, 11) is 0. The highest BCUT2D eigenvalue weighted by Gasteiger charge is 2.16. The van der Waals surface area contributed by atoms with Crippen molar-refractivity contribution in [2.24, 2.45) is 0 Å². The molecule has 0 saturated heterocycles. The van der Waals surface area contributed by atoms with Crippen molar-refractivity contribution in [2.45, 2.75) is 0 Å². The minimum Gasteiger partial charge on any atom is -0.309 e. The molecule has 3 aromatic heterocycles. The van der Waals surface area contributed by atoms with Crippen LogP contribution in [-0.2, 0) is 0 Å². The van der Waals surface area contributed by atoms with Crippen LogP contribution in [0, 0.1) is 0 Å². The maximum Gasteiger partial charge on any atom is 0.371 e. The van der Waals surface area contributed by atoms with Gasteiger partial charge in [-0.2, -0.15) is 9.97 Å². The highest BCUT2D eigenvalue weighted by molar-refractivity contribution is 7.23. The molecule has 8 rings (SSSR count). The molecule has 0 aliphatic rings. The van der Waals surface area contributed by atoms with Crippen LogP contribution in [-0.4, -0.2) is 18.9 Å². The highest BCUT2D eigenvalue weighted by atomic mass is 32.1. The zero-order valence-corrected chi connectivity index (χ0v) is 21.5. The zero-order chi connectivity index (χ0) is 25.9. The first-order valence-corrected chi connectivity index (χ1v) is 13.5. The number of benzene rings is 5. The Bertz CT molecular complexity index is 2250. The third-order valence-corrected chi connectivity index (χ3v) is 8.27. The van der Waals surface area contributed by atoms with Gasteiger partial charge in [-0.05, 0) is 53.6 Å². The molecule has 0 saturated carbocycles. The van der Waals surface area contributed by atoms with Gasteiger partial charge in [0, 0.05) is 22.0 Å². The molecule has 5 nitrogen and oxygen atoms in total. The Labute approximate surface area is 226 Å². The van der Waals surface area contributed by atoms with Crippen molar-refractivity contribution in [1.82, 2.24) is 18.9 Å². The van der Waals surface area contributed by atoms with Gasteiger partial charge in [-0.3, -0.25) is 4.40 Å². The maximum absolute atomic E-state index is 12.3. The van der Waals surface area contributed by atoms with E-state index >= 15 is 0 Å². The number of aromatic nitrogens is 4. The van der Waals surface area contributed by atoms with Gasteiger partial charge in [-0.25, -0.2) is 4.79 Å². The van der Waals surface area contributed by atoms with E-state index in [4.69, 9.17) is 0 Å². The number of thiazole rings is 1. The normalized spacial score (nSPS) is 11.7. The van der Waals surface area contributed by atoms with Crippen molar-refractivity contribution in [2.75, 3.05) is 0 Å². The number of hydrogen-bond donors (Lipinski definition) is 0. The van der Waals surface area contributed by atoms with Gasteiger partial charge >= 0.3 is 5.69 Å². The van der Waals surface area contributed by atoms with Crippen LogP contribution in [0.15, 0.2) is 126 Å². The molecule has 3 heterocycles. The third kappa shape index (κ3) is 3.42. The lowest BCUT2D eigenvalue weighted by molar-refractivity contribution is 1.01. The second kappa shape index (κ2) is 8.48. The summed E-state index contributed by atoms with van der Waals surface area (Å²) < 4.78 is 5.38. The van der Waals surface area contributed by atoms with Crippen molar-refractivity contribution in [3.63, 3.8) is 0 Å². The smallest absolute Gasteiger partial charge is 0.309 e. The first-order chi connectivity index (χ1) is 19.2. The summed E-state index contributed by atoms with van der Waals surface area (Å²) in [5.41, 5.74) is 7.12. The van der Waals surface area contributed by atoms with E-state index in [1.54, 1.807) is 0 Å². The van der Waals surface area contributed by atoms with E-state index in [9.17, 15) is 4.79 Å². The quantitative estimate of drug-likeness (QED) is 0.239. The second-order valence-electron chi connectivity index (χ2n) is 9.52. The molecule has 39 heavy (non-hydrogen) atoms. The molecular weight excluding hydrogens is 500 g/mol. The number of nitrogens with zero attached hydrogens (tertiary/aromatic N) is 4. The van der Waals surface area contributed by atoms with E-state index in [-0.39, 0.29) is 0 Å². The van der Waals surface area contributed by atoms with E-state index in [1.165, 1.54) is 33.1 Å². The fraction of sp³-hybridized carbons (Fsp3) is 0. The van der Waals surface area contributed by atoms with Gasteiger partial charge in [0.2, 0.25) is 4.96 Å². The fourth-order valence-electron chi connectivity index (χ4n) is 5.52. The molecule has 0 fully saturated rings. The van der Waals surface area contributed by atoms with Crippen molar-refractivity contribution in [3.05, 3.63) is 132 Å². The first-order valence-electron chi connectivity index (χ1n) is 12.7. The average Bonchev–Trinajstić information content (AvgIpc) is 3.52. The van der Waals surface area contributed by atoms with Gasteiger partial charge in [0.15, 0.2) is 5.82 Å². The predicted octanol–water partition coefficient (Wildman–Crippen LogP) is 7.74. The van der Waals surface area contributed by atoms with Gasteiger partial charge < -0.3 is 4.57 Å². The minimum absolute atomic E-state index is 0.471. The fourth-order valence-corrected chi connectivity index (χ4v) is 6.51. The zero-order valence-electron chi connectivity index (χ0n) is 20.7. The van der Waals surface area contributed by atoms with Crippen LogP contribution in [0.3, 0.4) is 0 Å². The van der Waals surface area contributed by atoms with Crippen LogP contribution in [0.1, 0.15) is 0 Å². The molecule has 6 heteroatoms. The van der Waals surface area contributed by atoms with Crippen LogP contribution < -0.4 is 5.69 Å². The Morgan fingerprint density at radius 3 is 2.10 bits per heavy atom. The molecule has 0 spiro atoms. The van der Waals surface area contributed by atoms with Gasteiger partial charge in [0.25, 0.3) is 0 Å². The van der Waals surface area contributed by atoms with Crippen LogP contribution in [0.2, 0.25) is 0 Å². The average molecular weight is 521 g/mol. The summed E-state index contributed by atoms with van der Waals surface area (Å²) in [5.74, 6) is 0.607. The number of fused-ring (bicyclic) bond motifs is 6. The lowest BCUT2D eigenvalue weighted by Gasteiger charge is -2.08. The maximum atomic E-state index is 12.3. The Morgan fingerprint density at radius 2 is 1.26 bits per heavy atom. The molecule has 0 atom stereocenters. The topological polar surface area (TPSA) is 52.2 Å². The number of rotatable bonds is 3. The van der Waals surface area contributed by atoms with Crippen LogP contribution in [0.5, 0.6) is 0 Å². The van der Waals surface area contributed by atoms with Crippen LogP contribution in [0.25, 0.3) is 65.2 Å². The summed E-state index contributed by atoms with van der Waals surface area (Å²) in [6.07, 6.45) is 0. The SMILES string of the molecule is O=c1nc(-c2ccccc2)n2c(n1)sc1ccc(-c3ccc4c(c3)c3ccccc3n4-c3ccccc3)cc12. The number of hydrogen-bond acceptors (Lipinski definition) is 4. The minimum atomic E-state index is -0.471. The Balaban J connectivity index is 1.37. The van der Waals surface area contributed by atoms with Crippen LogP contribution >= 0.6 is 11.3 Å². The third-order valence-electron chi connectivity index (χ3n) is 7.25. The largest absolute Gasteiger partial charge is 0.371 e. The van der Waals surface area contributed by atoms with Gasteiger partial charge in [-0.1, -0.05) is 90.2 Å². The first kappa shape index (κ1) is 22.0. The molecule has 0 aliphatic heterocycles. The Hall–Kier alpha value is -5.07. The molecule has 0 radical (unpaired) electrons. The highest BCUT2D eigenvalue weighted by Crippen LogP contribution is 2.37. The van der Waals surface area contributed by atoms with Crippen molar-refractivity contribution >= 4 is 48.3 Å². The standard InChI is InChI=1S/C33H20N4OS/c38-32-34-31(21-9-3-1-4-10-21)37-29-20-23(16-18-30(29)39-33(37)35-32)22-15-17-28-26(19-22)25-13-7-8-14-27(25)36(28)24-11-5-2-6-12-24/h1-20H. The Morgan fingerprint density at radius 1 is 0.564 bits per heavy atom. The van der Waals surface area contributed by atoms with Crippen molar-refractivity contribution in [1.29, 1.82) is 0 Å². The molecule has 0 amide bonds. The monoisotopic (exact) mass is 520 g/mol. The van der Waals surface area contributed by atoms with Gasteiger partial charge in [0.05, 0.1) is 21.3 Å². The van der Waals surface area contributed by atoms with Crippen molar-refractivity contribution < 1.29 is 0 Å². The molecule has 5 aromatic carbocycles. The predicted molar refractivity (Wildman–Crippen MR) is 160 cm³/mol. The van der Waals surface area contributed by atoms with Gasteiger partial charge in [-0.15, -0.1) is 0 Å². The van der Waals surface area contributed by atoms with E-state index in [2.05, 4.69) is 99.5 Å². The van der Waals surface area contributed by atoms with E-state index in [0.717, 1.165) is 32.6 Å². The van der Waals surface area contributed by atoms with Crippen molar-refractivity contribution in [3.8, 4) is 28.2 Å². The summed E-state index contributed by atoms with van der Waals surface area (Å²) in [6.45, 7) is 0. The molecule has 0 bridgehead atoms. The lowest BCUT2D eigenvalue weighted by atomic mass is 10.0. The molecule has 0 N–H and O–H groups in total. The summed E-state index contributed by atoms with van der Waals surface area (Å²) in [6, 6.07) is 42.0. The molecule has 184 valence electrons. The summed E-state index contributed by atoms with van der Waals surface area (Å²) in [5, 5.41) is 2.43. The number of para-hydroxylation sites is 2. The Kier molecular flexibility index (Phi) is 4.77. The molecule has 8 aromatic rings.